The number of amides is 2. The lowest BCUT2D eigenvalue weighted by atomic mass is 9.73. The number of nitrogens with one attached hydrogen (secondary N) is 2. The molecule has 0 aromatic carbocycles. The van der Waals surface area contributed by atoms with E-state index >= 15 is 0 Å². The van der Waals surface area contributed by atoms with Crippen molar-refractivity contribution in [1.82, 2.24) is 50.4 Å². The number of allylic oxidation sites excluding steroid dienone is 1. The fraction of sp³-hybridized carbons (Fsp3) is 0.792. The highest BCUT2D eigenvalue weighted by atomic mass is 16.2. The lowest BCUT2D eigenvalue weighted by Crippen LogP contribution is -2.41. The SMILES string of the molecule is C=C(C)C.C=C(C)C(=O)NCCCN(C)C.CCC(C)(CC(C)(C)C)C(=O)NCCCN(C)C.CCCCCCCCn1ccnn1.CCCCCCCCn1ccnn1. The molecule has 2 amide bonds. The maximum atomic E-state index is 12.3. The molecule has 0 saturated heterocycles. The molecule has 1 atom stereocenters. The highest BCUT2D eigenvalue weighted by molar-refractivity contribution is 5.92. The average molecular weight is 845 g/mol. The van der Waals surface area contributed by atoms with E-state index in [-0.39, 0.29) is 22.6 Å². The van der Waals surface area contributed by atoms with Crippen molar-refractivity contribution in [2.75, 3.05) is 54.4 Å². The van der Waals surface area contributed by atoms with Crippen molar-refractivity contribution < 1.29 is 9.59 Å². The number of hydrogen-bond acceptors (Lipinski definition) is 8. The minimum Gasteiger partial charge on any atom is -0.356 e. The Hall–Kier alpha value is -3.38. The second-order valence-corrected chi connectivity index (χ2v) is 18.3. The molecule has 0 fully saturated rings. The molecule has 2 heterocycles. The standard InChI is InChI=1S/C15H32N2O.2C10H19N3.C9H18N2O.C4H8/c1-8-15(5,12-14(2,3)4)13(18)16-10-9-11-17(6)7;2*1-2-3-4-5-6-7-9-13-10-8-11-12-13;1-8(2)9(12)10-6-5-7-11(3)4;1-4(2)3/h8-12H2,1-7H3,(H,16,18);2*8,10H,2-7,9H2,1H3;1,5-7H2,2-4H3,(H,10,12);1H2,2-3H3. The molecular weight excluding hydrogens is 749 g/mol. The highest BCUT2D eigenvalue weighted by Gasteiger charge is 2.35. The predicted molar refractivity (Wildman–Crippen MR) is 257 cm³/mol. The first-order valence-corrected chi connectivity index (χ1v) is 23.1. The highest BCUT2D eigenvalue weighted by Crippen LogP contribution is 2.36. The quantitative estimate of drug-likeness (QED) is 0.0545. The first kappa shape index (κ1) is 60.9. The molecule has 0 spiro atoms. The van der Waals surface area contributed by atoms with E-state index in [1.165, 1.54) is 82.6 Å². The third-order valence-electron chi connectivity index (χ3n) is 9.20. The number of unbranched alkanes of at least 4 members (excludes halogenated alkanes) is 10. The van der Waals surface area contributed by atoms with Crippen molar-refractivity contribution in [3.05, 3.63) is 49.1 Å². The second kappa shape index (κ2) is 39.7. The minimum atomic E-state index is -0.240. The molecule has 0 aliphatic heterocycles. The van der Waals surface area contributed by atoms with Crippen LogP contribution < -0.4 is 10.6 Å². The molecule has 0 aliphatic rings. The number of carbonyl (C=O) groups is 2. The van der Waals surface area contributed by atoms with E-state index in [0.717, 1.165) is 65.0 Å². The van der Waals surface area contributed by atoms with E-state index in [2.05, 4.69) is 117 Å². The second-order valence-electron chi connectivity index (χ2n) is 18.3. The van der Waals surface area contributed by atoms with Crippen LogP contribution in [0.2, 0.25) is 0 Å². The molecule has 2 N–H and O–H groups in total. The molecule has 12 nitrogen and oxygen atoms in total. The van der Waals surface area contributed by atoms with Crippen LogP contribution >= 0.6 is 0 Å². The smallest absolute Gasteiger partial charge is 0.246 e. The summed E-state index contributed by atoms with van der Waals surface area (Å²) in [5, 5.41) is 21.2. The Morgan fingerprint density at radius 2 is 1.00 bits per heavy atom. The Labute approximate surface area is 370 Å². The number of carbonyl (C=O) groups excluding carboxylic acids is 2. The molecule has 2 rings (SSSR count). The van der Waals surface area contributed by atoms with Gasteiger partial charge in [-0.05, 0) is 106 Å². The number of aromatic nitrogens is 6. The van der Waals surface area contributed by atoms with E-state index < -0.39 is 0 Å². The van der Waals surface area contributed by atoms with Crippen molar-refractivity contribution >= 4 is 11.8 Å². The summed E-state index contributed by atoms with van der Waals surface area (Å²) in [5.41, 5.74) is 1.68. The zero-order valence-corrected chi connectivity index (χ0v) is 41.7. The molecule has 0 saturated carbocycles. The fourth-order valence-corrected chi connectivity index (χ4v) is 5.91. The Morgan fingerprint density at radius 3 is 1.32 bits per heavy atom. The molecule has 0 radical (unpaired) electrons. The maximum Gasteiger partial charge on any atom is 0.246 e. The van der Waals surface area contributed by atoms with Gasteiger partial charge in [0.2, 0.25) is 11.8 Å². The first-order chi connectivity index (χ1) is 28.2. The van der Waals surface area contributed by atoms with Gasteiger partial charge in [-0.15, -0.1) is 16.8 Å². The Morgan fingerprint density at radius 1 is 0.617 bits per heavy atom. The van der Waals surface area contributed by atoms with Gasteiger partial charge in [0.25, 0.3) is 0 Å². The van der Waals surface area contributed by atoms with Crippen LogP contribution in [0.15, 0.2) is 49.1 Å². The average Bonchev–Trinajstić information content (AvgIpc) is 3.89. The van der Waals surface area contributed by atoms with Gasteiger partial charge in [0.15, 0.2) is 0 Å². The Bertz CT molecular complexity index is 1220. The van der Waals surface area contributed by atoms with Gasteiger partial charge in [-0.1, -0.05) is 135 Å². The number of nitrogens with zero attached hydrogens (tertiary/aromatic N) is 8. The van der Waals surface area contributed by atoms with Gasteiger partial charge in [-0.25, -0.2) is 0 Å². The van der Waals surface area contributed by atoms with Gasteiger partial charge in [0.1, 0.15) is 0 Å². The van der Waals surface area contributed by atoms with E-state index in [1.54, 1.807) is 19.3 Å². The molecular formula is C48H96N10O2. The summed E-state index contributed by atoms with van der Waals surface area (Å²) in [4.78, 5) is 27.5. The fourth-order valence-electron chi connectivity index (χ4n) is 5.91. The van der Waals surface area contributed by atoms with Crippen molar-refractivity contribution in [2.45, 2.75) is 185 Å². The predicted octanol–water partition coefficient (Wildman–Crippen LogP) is 10.4. The van der Waals surface area contributed by atoms with E-state index in [4.69, 9.17) is 0 Å². The van der Waals surface area contributed by atoms with E-state index in [1.807, 2.05) is 49.7 Å². The van der Waals surface area contributed by atoms with Gasteiger partial charge in [-0.3, -0.25) is 19.0 Å². The Kier molecular flexibility index (Phi) is 40.3. The number of rotatable bonds is 26. The number of hydrogen-bond donors (Lipinski definition) is 2. The lowest BCUT2D eigenvalue weighted by Gasteiger charge is -2.33. The van der Waals surface area contributed by atoms with E-state index in [0.29, 0.717) is 5.57 Å². The lowest BCUT2D eigenvalue weighted by molar-refractivity contribution is -0.132. The van der Waals surface area contributed by atoms with Crippen LogP contribution in [0.3, 0.4) is 0 Å². The summed E-state index contributed by atoms with van der Waals surface area (Å²) in [6.07, 6.45) is 27.1. The molecule has 12 heteroatoms. The summed E-state index contributed by atoms with van der Waals surface area (Å²) in [6.45, 7) is 33.6. The van der Waals surface area contributed by atoms with Crippen LogP contribution in [-0.4, -0.2) is 106 Å². The molecule has 0 aliphatic carbocycles. The van der Waals surface area contributed by atoms with Crippen LogP contribution in [0.1, 0.15) is 172 Å². The largest absolute Gasteiger partial charge is 0.356 e. The third kappa shape index (κ3) is 44.2. The molecule has 2 aromatic heterocycles. The monoisotopic (exact) mass is 845 g/mol. The van der Waals surface area contributed by atoms with Crippen LogP contribution in [0.5, 0.6) is 0 Å². The van der Waals surface area contributed by atoms with Gasteiger partial charge in [0, 0.05) is 49.6 Å². The Balaban J connectivity index is -0.000000707. The minimum absolute atomic E-state index is 0.0474. The third-order valence-corrected chi connectivity index (χ3v) is 9.20. The summed E-state index contributed by atoms with van der Waals surface area (Å²) >= 11 is 0. The molecule has 60 heavy (non-hydrogen) atoms. The van der Waals surface area contributed by atoms with Gasteiger partial charge >= 0.3 is 0 Å². The molecule has 350 valence electrons. The molecule has 2 aromatic rings. The maximum absolute atomic E-state index is 12.3. The van der Waals surface area contributed by atoms with Crippen LogP contribution in [0.25, 0.3) is 0 Å². The van der Waals surface area contributed by atoms with Crippen LogP contribution in [0, 0.1) is 10.8 Å². The number of aryl methyl sites for hydroxylation is 2. The van der Waals surface area contributed by atoms with Gasteiger partial charge < -0.3 is 20.4 Å². The first-order valence-electron chi connectivity index (χ1n) is 23.1. The van der Waals surface area contributed by atoms with Crippen molar-refractivity contribution in [3.8, 4) is 0 Å². The van der Waals surface area contributed by atoms with E-state index in [9.17, 15) is 9.59 Å². The normalized spacial score (nSPS) is 11.7. The van der Waals surface area contributed by atoms with Crippen molar-refractivity contribution in [3.63, 3.8) is 0 Å². The zero-order valence-electron chi connectivity index (χ0n) is 41.7. The molecule has 1 unspecified atom stereocenters. The summed E-state index contributed by atoms with van der Waals surface area (Å²) in [6, 6.07) is 0. The van der Waals surface area contributed by atoms with Crippen molar-refractivity contribution in [1.29, 1.82) is 0 Å². The summed E-state index contributed by atoms with van der Waals surface area (Å²) < 4.78 is 3.81. The van der Waals surface area contributed by atoms with Gasteiger partial charge in [0.05, 0.1) is 12.4 Å². The van der Waals surface area contributed by atoms with Crippen molar-refractivity contribution in [2.24, 2.45) is 10.8 Å². The zero-order chi connectivity index (χ0) is 46.2. The van der Waals surface area contributed by atoms with Gasteiger partial charge in [-0.2, -0.15) is 0 Å². The molecule has 0 bridgehead atoms. The summed E-state index contributed by atoms with van der Waals surface area (Å²) in [5.74, 6) is 0.160. The summed E-state index contributed by atoms with van der Waals surface area (Å²) in [7, 11) is 8.14. The topological polar surface area (TPSA) is 126 Å². The van der Waals surface area contributed by atoms with Crippen LogP contribution in [-0.2, 0) is 22.7 Å². The van der Waals surface area contributed by atoms with Crippen LogP contribution in [0.4, 0.5) is 0 Å².